The van der Waals surface area contributed by atoms with E-state index < -0.39 is 50.9 Å². The summed E-state index contributed by atoms with van der Waals surface area (Å²) in [6.45, 7) is 0.833. The van der Waals surface area contributed by atoms with E-state index in [2.05, 4.69) is 10.1 Å². The van der Waals surface area contributed by atoms with E-state index in [1.165, 1.54) is 48.5 Å². The van der Waals surface area contributed by atoms with E-state index in [-0.39, 0.29) is 16.1 Å². The highest BCUT2D eigenvalue weighted by molar-refractivity contribution is 7.92. The number of sulfonamides is 1. The quantitative estimate of drug-likeness (QED) is 0.411. The van der Waals surface area contributed by atoms with E-state index in [0.29, 0.717) is 10.4 Å². The predicted molar refractivity (Wildman–Crippen MR) is 129 cm³/mol. The normalized spacial score (nSPS) is 11.6. The molecule has 12 heteroatoms. The number of aryl methyl sites for hydroxylation is 1. The zero-order valence-electron chi connectivity index (χ0n) is 19.0. The van der Waals surface area contributed by atoms with Crippen LogP contribution in [0.15, 0.2) is 71.6 Å². The molecule has 0 saturated carbocycles. The number of methoxy groups -OCH3 is 1. The maximum Gasteiger partial charge on any atom is 0.417 e. The van der Waals surface area contributed by atoms with Crippen molar-refractivity contribution in [3.8, 4) is 0 Å². The second-order valence-electron chi connectivity index (χ2n) is 7.57. The van der Waals surface area contributed by atoms with Gasteiger partial charge in [-0.15, -0.1) is 0 Å². The molecule has 0 spiro atoms. The minimum absolute atomic E-state index is 0.00661. The number of alkyl halides is 3. The molecule has 3 rings (SSSR count). The van der Waals surface area contributed by atoms with E-state index in [0.717, 1.165) is 24.8 Å². The zero-order valence-corrected chi connectivity index (χ0v) is 20.5. The third kappa shape index (κ3) is 5.97. The predicted octanol–water partition coefficient (Wildman–Crippen LogP) is 5.29. The fourth-order valence-electron chi connectivity index (χ4n) is 3.24. The average molecular weight is 541 g/mol. The standard InChI is InChI=1S/C24H20ClF3N2O5S/c1-15-7-10-17(11-8-15)36(33,34)30(16-9-12-20(25)19(13-16)24(26,27)28)14-22(31)29-21-6-4-3-5-18(21)23(32)35-2/h3-13H,14H2,1-2H3,(H,29,31). The number of para-hydroxylation sites is 1. The van der Waals surface area contributed by atoms with Gasteiger partial charge in [0, 0.05) is 0 Å². The Morgan fingerprint density at radius 1 is 1.03 bits per heavy atom. The maximum absolute atomic E-state index is 13.5. The van der Waals surface area contributed by atoms with E-state index in [4.69, 9.17) is 11.6 Å². The second kappa shape index (κ2) is 10.6. The van der Waals surface area contributed by atoms with Crippen molar-refractivity contribution in [1.82, 2.24) is 0 Å². The Morgan fingerprint density at radius 2 is 1.67 bits per heavy atom. The molecular formula is C24H20ClF3N2O5S. The van der Waals surface area contributed by atoms with Crippen molar-refractivity contribution in [1.29, 1.82) is 0 Å². The Kier molecular flexibility index (Phi) is 7.95. The van der Waals surface area contributed by atoms with Crippen LogP contribution in [0.4, 0.5) is 24.5 Å². The van der Waals surface area contributed by atoms with Crippen LogP contribution in [-0.4, -0.2) is 33.9 Å². The molecule has 0 bridgehead atoms. The Labute approximate surface area is 210 Å². The van der Waals surface area contributed by atoms with Crippen LogP contribution in [0.5, 0.6) is 0 Å². The van der Waals surface area contributed by atoms with Gasteiger partial charge in [0.25, 0.3) is 10.0 Å². The van der Waals surface area contributed by atoms with E-state index in [1.807, 2.05) is 0 Å². The topological polar surface area (TPSA) is 92.8 Å². The van der Waals surface area contributed by atoms with Crippen molar-refractivity contribution < 1.29 is 35.9 Å². The number of carbonyl (C=O) groups is 2. The lowest BCUT2D eigenvalue weighted by Gasteiger charge is -2.25. The van der Waals surface area contributed by atoms with Crippen LogP contribution in [0.3, 0.4) is 0 Å². The highest BCUT2D eigenvalue weighted by Gasteiger charge is 2.35. The molecule has 0 heterocycles. The Morgan fingerprint density at radius 3 is 2.28 bits per heavy atom. The Hall–Kier alpha value is -3.57. The van der Waals surface area contributed by atoms with Gasteiger partial charge in [0.05, 0.1) is 39.5 Å². The molecule has 0 fully saturated rings. The lowest BCUT2D eigenvalue weighted by atomic mass is 10.1. The smallest absolute Gasteiger partial charge is 0.417 e. The van der Waals surface area contributed by atoms with Crippen LogP contribution in [0.1, 0.15) is 21.5 Å². The second-order valence-corrected chi connectivity index (χ2v) is 9.84. The highest BCUT2D eigenvalue weighted by Crippen LogP contribution is 2.38. The van der Waals surface area contributed by atoms with Gasteiger partial charge in [0.15, 0.2) is 0 Å². The van der Waals surface area contributed by atoms with Crippen molar-refractivity contribution in [3.63, 3.8) is 0 Å². The lowest BCUT2D eigenvalue weighted by molar-refractivity contribution is -0.137. The number of carbonyl (C=O) groups excluding carboxylic acids is 2. The van der Waals surface area contributed by atoms with Crippen molar-refractivity contribution >= 4 is 44.9 Å². The first-order valence-electron chi connectivity index (χ1n) is 10.3. The summed E-state index contributed by atoms with van der Waals surface area (Å²) in [5, 5.41) is 1.79. The first-order valence-corrected chi connectivity index (χ1v) is 12.1. The number of nitrogens with zero attached hydrogens (tertiary/aromatic N) is 1. The van der Waals surface area contributed by atoms with Crippen molar-refractivity contribution in [3.05, 3.63) is 88.4 Å². The highest BCUT2D eigenvalue weighted by atomic mass is 35.5. The summed E-state index contributed by atoms with van der Waals surface area (Å²) in [5.74, 6) is -1.66. The van der Waals surface area contributed by atoms with Crippen LogP contribution in [0.25, 0.3) is 0 Å². The molecule has 0 unspecified atom stereocenters. The van der Waals surface area contributed by atoms with E-state index in [9.17, 15) is 31.2 Å². The monoisotopic (exact) mass is 540 g/mol. The summed E-state index contributed by atoms with van der Waals surface area (Å²) in [7, 11) is -3.35. The first-order chi connectivity index (χ1) is 16.8. The molecule has 7 nitrogen and oxygen atoms in total. The van der Waals surface area contributed by atoms with Gasteiger partial charge in [-0.3, -0.25) is 9.10 Å². The average Bonchev–Trinajstić information content (AvgIpc) is 2.82. The number of rotatable bonds is 7. The summed E-state index contributed by atoms with van der Waals surface area (Å²) >= 11 is 5.70. The van der Waals surface area contributed by atoms with E-state index in [1.54, 1.807) is 6.92 Å². The summed E-state index contributed by atoms with van der Waals surface area (Å²) in [6.07, 6.45) is -4.87. The molecule has 190 valence electrons. The number of hydrogen-bond acceptors (Lipinski definition) is 5. The number of halogens is 4. The summed E-state index contributed by atoms with van der Waals surface area (Å²) in [6, 6.07) is 14.0. The summed E-state index contributed by atoms with van der Waals surface area (Å²) in [5.41, 5.74) is -0.893. The van der Waals surface area contributed by atoms with Crippen LogP contribution < -0.4 is 9.62 Å². The number of anilines is 2. The number of nitrogens with one attached hydrogen (secondary N) is 1. The molecule has 1 amide bonds. The van der Waals surface area contributed by atoms with Crippen LogP contribution in [0, 0.1) is 6.92 Å². The SMILES string of the molecule is COC(=O)c1ccccc1NC(=O)CN(c1ccc(Cl)c(C(F)(F)F)c1)S(=O)(=O)c1ccc(C)cc1. The minimum Gasteiger partial charge on any atom is -0.465 e. The molecule has 0 radical (unpaired) electrons. The van der Waals surface area contributed by atoms with Gasteiger partial charge >= 0.3 is 12.1 Å². The van der Waals surface area contributed by atoms with E-state index >= 15 is 0 Å². The minimum atomic E-state index is -4.87. The van der Waals surface area contributed by atoms with Gasteiger partial charge in [0.1, 0.15) is 6.54 Å². The fourth-order valence-corrected chi connectivity index (χ4v) is 4.88. The first kappa shape index (κ1) is 27.0. The molecule has 1 N–H and O–H groups in total. The number of hydrogen-bond donors (Lipinski definition) is 1. The van der Waals surface area contributed by atoms with Crippen molar-refractivity contribution in [2.45, 2.75) is 18.0 Å². The molecule has 3 aromatic rings. The number of amides is 1. The Bertz CT molecular complexity index is 1390. The maximum atomic E-state index is 13.5. The largest absolute Gasteiger partial charge is 0.465 e. The third-order valence-corrected chi connectivity index (χ3v) is 7.16. The van der Waals surface area contributed by atoms with Gasteiger partial charge in [-0.05, 0) is 49.4 Å². The molecule has 0 atom stereocenters. The number of ether oxygens (including phenoxy) is 1. The molecular weight excluding hydrogens is 521 g/mol. The van der Waals surface area contributed by atoms with Gasteiger partial charge in [-0.25, -0.2) is 13.2 Å². The summed E-state index contributed by atoms with van der Waals surface area (Å²) in [4.78, 5) is 24.7. The van der Waals surface area contributed by atoms with Gasteiger partial charge in [0.2, 0.25) is 5.91 Å². The molecule has 0 aliphatic rings. The number of esters is 1. The molecule has 0 aromatic heterocycles. The summed E-state index contributed by atoms with van der Waals surface area (Å²) < 4.78 is 72.6. The molecule has 3 aromatic carbocycles. The number of benzene rings is 3. The van der Waals surface area contributed by atoms with Crippen LogP contribution in [-0.2, 0) is 25.7 Å². The van der Waals surface area contributed by atoms with Crippen molar-refractivity contribution in [2.24, 2.45) is 0 Å². The lowest BCUT2D eigenvalue weighted by Crippen LogP contribution is -2.38. The third-order valence-electron chi connectivity index (χ3n) is 5.05. The molecule has 0 saturated heterocycles. The van der Waals surface area contributed by atoms with Crippen molar-refractivity contribution in [2.75, 3.05) is 23.3 Å². The fraction of sp³-hybridized carbons (Fsp3) is 0.167. The molecule has 0 aliphatic carbocycles. The molecule has 0 aliphatic heterocycles. The van der Waals surface area contributed by atoms with Crippen LogP contribution in [0.2, 0.25) is 5.02 Å². The van der Waals surface area contributed by atoms with Gasteiger partial charge in [-0.2, -0.15) is 13.2 Å². The Balaban J connectivity index is 2.06. The van der Waals surface area contributed by atoms with Crippen LogP contribution >= 0.6 is 11.6 Å². The van der Waals surface area contributed by atoms with Gasteiger partial charge < -0.3 is 10.1 Å². The molecule has 36 heavy (non-hydrogen) atoms. The van der Waals surface area contributed by atoms with Gasteiger partial charge in [-0.1, -0.05) is 41.4 Å². The zero-order chi connectivity index (χ0) is 26.7.